The van der Waals surface area contributed by atoms with E-state index in [1.165, 1.54) is 0 Å². The van der Waals surface area contributed by atoms with E-state index in [-0.39, 0.29) is 29.7 Å². The van der Waals surface area contributed by atoms with E-state index >= 15 is 0 Å². The van der Waals surface area contributed by atoms with Gasteiger partial charge in [-0.2, -0.15) is 0 Å². The molecule has 0 radical (unpaired) electrons. The molecule has 0 spiro atoms. The molecule has 0 saturated carbocycles. The Morgan fingerprint density at radius 1 is 1.08 bits per heavy atom. The molecule has 14 heteroatoms. The lowest BCUT2D eigenvalue weighted by Gasteiger charge is -2.29. The number of methoxy groups -OCH3 is 1. The molecule has 12 nitrogen and oxygen atoms in total. The molecule has 2 aromatic heterocycles. The first-order valence-corrected chi connectivity index (χ1v) is 18.0. The smallest absolute Gasteiger partial charge is 0.291 e. The molecule has 51 heavy (non-hydrogen) atoms. The largest absolute Gasteiger partial charge is 0.496 e. The first-order valence-electron chi connectivity index (χ1n) is 17.2. The number of benzene rings is 2. The molecule has 5 heterocycles. The van der Waals surface area contributed by atoms with Crippen LogP contribution < -0.4 is 26.0 Å². The van der Waals surface area contributed by atoms with E-state index in [1.807, 2.05) is 36.2 Å². The Balaban J connectivity index is 1.07. The van der Waals surface area contributed by atoms with Crippen molar-refractivity contribution < 1.29 is 19.1 Å². The van der Waals surface area contributed by atoms with Crippen molar-refractivity contribution in [3.05, 3.63) is 81.5 Å². The highest BCUT2D eigenvalue weighted by Gasteiger charge is 2.32. The van der Waals surface area contributed by atoms with Crippen molar-refractivity contribution in [2.24, 2.45) is 7.05 Å². The summed E-state index contributed by atoms with van der Waals surface area (Å²) in [7, 11) is 3.44. The van der Waals surface area contributed by atoms with Crippen molar-refractivity contribution in [2.45, 2.75) is 57.3 Å². The number of carbonyl (C=O) groups is 3. The van der Waals surface area contributed by atoms with Crippen molar-refractivity contribution in [3.8, 4) is 28.1 Å². The molecule has 3 amide bonds. The number of hydrogen-bond donors (Lipinski definition) is 4. The Kier molecular flexibility index (Phi) is 10.3. The van der Waals surface area contributed by atoms with Crippen molar-refractivity contribution in [2.75, 3.05) is 32.1 Å². The zero-order valence-corrected chi connectivity index (χ0v) is 30.0. The number of aromatic nitrogens is 3. The standard InChI is InChI=1S/C37H40Cl2N8O4/c1-46-29-13-16-47(37(50)27-7-4-14-41-27)20-28(29)44-35(46)36(49)45-26-6-3-5-24(32(26)38)25-12-15-42-34(33(25)39)21-8-9-22(30(17-21)51-2)18-40-19-23-10-11-31(48)43-23/h3,5-6,8-9,12,15,17,23,27,40-41H,4,7,10-11,13-14,16,18-20H2,1-2H3,(H,43,48)(H,45,49)/t23-,27+/m0/s1. The molecule has 4 N–H and O–H groups in total. The summed E-state index contributed by atoms with van der Waals surface area (Å²) in [5, 5.41) is 13.3. The normalized spacial score (nSPS) is 18.4. The minimum absolute atomic E-state index is 0.0907. The quantitative estimate of drug-likeness (QED) is 0.184. The number of carbonyl (C=O) groups excluding carboxylic acids is 3. The molecular weight excluding hydrogens is 691 g/mol. The fourth-order valence-corrected chi connectivity index (χ4v) is 7.75. The first-order chi connectivity index (χ1) is 24.7. The molecule has 0 aliphatic carbocycles. The average Bonchev–Trinajstić information content (AvgIpc) is 3.90. The second kappa shape index (κ2) is 15.0. The van der Waals surface area contributed by atoms with E-state index in [4.69, 9.17) is 27.9 Å². The molecular formula is C37H40Cl2N8O4. The molecule has 3 aliphatic rings. The van der Waals surface area contributed by atoms with Gasteiger partial charge in [0.25, 0.3) is 5.91 Å². The summed E-state index contributed by atoms with van der Waals surface area (Å²) < 4.78 is 7.51. The number of pyridine rings is 1. The highest BCUT2D eigenvalue weighted by atomic mass is 35.5. The molecule has 266 valence electrons. The highest BCUT2D eigenvalue weighted by molar-refractivity contribution is 6.39. The predicted molar refractivity (Wildman–Crippen MR) is 196 cm³/mol. The third-order valence-corrected chi connectivity index (χ3v) is 10.7. The summed E-state index contributed by atoms with van der Waals surface area (Å²) in [5.41, 5.74) is 5.66. The van der Waals surface area contributed by atoms with Crippen LogP contribution in [-0.2, 0) is 36.1 Å². The lowest BCUT2D eigenvalue weighted by molar-refractivity contribution is -0.134. The van der Waals surface area contributed by atoms with Gasteiger partial charge in [0, 0.05) is 79.7 Å². The number of halogens is 2. The van der Waals surface area contributed by atoms with Gasteiger partial charge in [-0.3, -0.25) is 19.4 Å². The predicted octanol–water partition coefficient (Wildman–Crippen LogP) is 4.72. The Morgan fingerprint density at radius 2 is 1.92 bits per heavy atom. The van der Waals surface area contributed by atoms with Crippen LogP contribution in [0.2, 0.25) is 10.0 Å². The van der Waals surface area contributed by atoms with Crippen LogP contribution in [0.4, 0.5) is 5.69 Å². The van der Waals surface area contributed by atoms with Gasteiger partial charge in [0.2, 0.25) is 11.8 Å². The van der Waals surface area contributed by atoms with Crippen LogP contribution >= 0.6 is 23.2 Å². The van der Waals surface area contributed by atoms with Gasteiger partial charge in [-0.1, -0.05) is 47.5 Å². The van der Waals surface area contributed by atoms with Crippen LogP contribution in [0.5, 0.6) is 5.75 Å². The lowest BCUT2D eigenvalue weighted by atomic mass is 10.0. The Labute approximate surface area is 306 Å². The molecule has 7 rings (SSSR count). The minimum atomic E-state index is -0.405. The summed E-state index contributed by atoms with van der Waals surface area (Å²) in [5.74, 6) is 0.709. The summed E-state index contributed by atoms with van der Waals surface area (Å²) in [4.78, 5) is 49.2. The maximum Gasteiger partial charge on any atom is 0.291 e. The SMILES string of the molecule is COc1cc(-c2nccc(-c3cccc(NC(=O)c4nc5c(n4C)CCN(C(=O)[C@H]4CCCN4)C5)c3Cl)c2Cl)ccc1CNC[C@@H]1CCC(=O)N1. The van der Waals surface area contributed by atoms with Crippen molar-refractivity contribution >= 4 is 46.6 Å². The van der Waals surface area contributed by atoms with E-state index in [0.29, 0.717) is 77.3 Å². The van der Waals surface area contributed by atoms with Gasteiger partial charge in [0.1, 0.15) is 5.75 Å². The molecule has 0 bridgehead atoms. The fraction of sp³-hybridized carbons (Fsp3) is 0.378. The molecule has 2 fully saturated rings. The maximum atomic E-state index is 13.6. The van der Waals surface area contributed by atoms with Crippen LogP contribution in [0.25, 0.3) is 22.4 Å². The maximum absolute atomic E-state index is 13.6. The van der Waals surface area contributed by atoms with Crippen molar-refractivity contribution in [1.82, 2.24) is 35.4 Å². The van der Waals surface area contributed by atoms with Gasteiger partial charge in [-0.05, 0) is 44.0 Å². The van der Waals surface area contributed by atoms with Crippen LogP contribution in [0.3, 0.4) is 0 Å². The molecule has 0 unspecified atom stereocenters. The van der Waals surface area contributed by atoms with E-state index < -0.39 is 5.91 Å². The van der Waals surface area contributed by atoms with Gasteiger partial charge in [0.05, 0.1) is 46.8 Å². The average molecular weight is 732 g/mol. The number of nitrogens with zero attached hydrogens (tertiary/aromatic N) is 4. The number of fused-ring (bicyclic) bond motifs is 1. The number of imidazole rings is 1. The molecule has 2 aromatic carbocycles. The van der Waals surface area contributed by atoms with Gasteiger partial charge >= 0.3 is 0 Å². The Hall–Kier alpha value is -4.49. The summed E-state index contributed by atoms with van der Waals surface area (Å²) >= 11 is 14.0. The summed E-state index contributed by atoms with van der Waals surface area (Å²) in [6.07, 6.45) is 5.52. The van der Waals surface area contributed by atoms with Crippen LogP contribution in [0, 0.1) is 0 Å². The lowest BCUT2D eigenvalue weighted by Crippen LogP contribution is -2.45. The van der Waals surface area contributed by atoms with Gasteiger partial charge in [0.15, 0.2) is 5.82 Å². The number of hydrogen-bond acceptors (Lipinski definition) is 8. The number of rotatable bonds is 10. The van der Waals surface area contributed by atoms with Crippen molar-refractivity contribution in [3.63, 3.8) is 0 Å². The van der Waals surface area contributed by atoms with E-state index in [9.17, 15) is 14.4 Å². The number of ether oxygens (including phenoxy) is 1. The Morgan fingerprint density at radius 3 is 2.69 bits per heavy atom. The molecule has 2 atom stereocenters. The van der Waals surface area contributed by atoms with Gasteiger partial charge < -0.3 is 35.5 Å². The minimum Gasteiger partial charge on any atom is -0.496 e. The fourth-order valence-electron chi connectivity index (χ4n) is 7.15. The monoisotopic (exact) mass is 730 g/mol. The van der Waals surface area contributed by atoms with E-state index in [2.05, 4.69) is 31.2 Å². The summed E-state index contributed by atoms with van der Waals surface area (Å²) in [6.45, 7) is 3.06. The number of anilines is 1. The summed E-state index contributed by atoms with van der Waals surface area (Å²) in [6, 6.07) is 13.0. The molecule has 3 aliphatic heterocycles. The van der Waals surface area contributed by atoms with Crippen molar-refractivity contribution in [1.29, 1.82) is 0 Å². The first kappa shape index (κ1) is 34.9. The second-order valence-electron chi connectivity index (χ2n) is 13.1. The third kappa shape index (κ3) is 7.18. The topological polar surface area (TPSA) is 143 Å². The third-order valence-electron chi connectivity index (χ3n) is 9.91. The van der Waals surface area contributed by atoms with Gasteiger partial charge in [-0.15, -0.1) is 0 Å². The van der Waals surface area contributed by atoms with Gasteiger partial charge in [-0.25, -0.2) is 4.98 Å². The van der Waals surface area contributed by atoms with E-state index in [0.717, 1.165) is 48.3 Å². The number of nitrogens with one attached hydrogen (secondary N) is 4. The second-order valence-corrected chi connectivity index (χ2v) is 13.9. The zero-order chi connectivity index (χ0) is 35.6. The number of amides is 3. The van der Waals surface area contributed by atoms with Crippen LogP contribution in [0.1, 0.15) is 53.3 Å². The highest BCUT2D eigenvalue weighted by Crippen LogP contribution is 2.41. The molecule has 2 saturated heterocycles. The zero-order valence-electron chi connectivity index (χ0n) is 28.5. The van der Waals surface area contributed by atoms with E-state index in [1.54, 1.807) is 36.1 Å². The molecule has 4 aromatic rings. The van der Waals surface area contributed by atoms with Crippen LogP contribution in [-0.4, -0.2) is 76.0 Å². The Bertz CT molecular complexity index is 1990. The van der Waals surface area contributed by atoms with Crippen LogP contribution in [0.15, 0.2) is 48.7 Å².